The lowest BCUT2D eigenvalue weighted by Gasteiger charge is -2.30. The molecule has 17 heavy (non-hydrogen) atoms. The summed E-state index contributed by atoms with van der Waals surface area (Å²) in [5, 5.41) is 8.86. The Labute approximate surface area is 97.5 Å². The minimum atomic E-state index is -4.31. The predicted molar refractivity (Wildman–Crippen MR) is 57.5 cm³/mol. The zero-order chi connectivity index (χ0) is 13.1. The van der Waals surface area contributed by atoms with Gasteiger partial charge in [0, 0.05) is 12.2 Å². The molecule has 0 aromatic carbocycles. The van der Waals surface area contributed by atoms with E-state index in [1.165, 1.54) is 18.5 Å². The first kappa shape index (κ1) is 13.3. The molecular formula is C11H12F3N3. The SMILES string of the molecule is CC(C)N(CC(F)(F)F)c1cnccc1C#N. The Morgan fingerprint density at radius 3 is 2.59 bits per heavy atom. The van der Waals surface area contributed by atoms with Crippen molar-refractivity contribution in [3.8, 4) is 6.07 Å². The molecule has 1 rings (SSSR count). The number of anilines is 1. The third-order valence-electron chi connectivity index (χ3n) is 2.20. The number of pyridine rings is 1. The molecule has 1 heterocycles. The largest absolute Gasteiger partial charge is 0.405 e. The molecule has 0 atom stereocenters. The molecule has 3 nitrogen and oxygen atoms in total. The van der Waals surface area contributed by atoms with Crippen LogP contribution in [0.5, 0.6) is 0 Å². The van der Waals surface area contributed by atoms with E-state index in [0.717, 1.165) is 4.90 Å². The molecule has 0 amide bonds. The summed E-state index contributed by atoms with van der Waals surface area (Å²) in [6.45, 7) is 2.19. The second-order valence-electron chi connectivity index (χ2n) is 3.84. The van der Waals surface area contributed by atoms with Crippen LogP contribution in [0.25, 0.3) is 0 Å². The highest BCUT2D eigenvalue weighted by atomic mass is 19.4. The Hall–Kier alpha value is -1.77. The van der Waals surface area contributed by atoms with Crippen molar-refractivity contribution in [1.29, 1.82) is 5.26 Å². The lowest BCUT2D eigenvalue weighted by Crippen LogP contribution is -2.39. The van der Waals surface area contributed by atoms with Crippen molar-refractivity contribution in [1.82, 2.24) is 4.98 Å². The van der Waals surface area contributed by atoms with Gasteiger partial charge in [0.1, 0.15) is 12.6 Å². The van der Waals surface area contributed by atoms with Gasteiger partial charge in [0.25, 0.3) is 0 Å². The number of nitrogens with zero attached hydrogens (tertiary/aromatic N) is 3. The van der Waals surface area contributed by atoms with Crippen molar-refractivity contribution in [2.75, 3.05) is 11.4 Å². The topological polar surface area (TPSA) is 39.9 Å². The molecule has 0 fully saturated rings. The number of hydrogen-bond acceptors (Lipinski definition) is 3. The Bertz CT molecular complexity index is 421. The first-order valence-corrected chi connectivity index (χ1v) is 5.02. The van der Waals surface area contributed by atoms with E-state index in [4.69, 9.17) is 5.26 Å². The first-order chi connectivity index (χ1) is 7.85. The molecule has 0 bridgehead atoms. The molecule has 0 radical (unpaired) electrons. The lowest BCUT2D eigenvalue weighted by molar-refractivity contribution is -0.120. The summed E-state index contributed by atoms with van der Waals surface area (Å²) < 4.78 is 37.3. The molecule has 0 saturated heterocycles. The van der Waals surface area contributed by atoms with Crippen molar-refractivity contribution in [2.24, 2.45) is 0 Å². The van der Waals surface area contributed by atoms with Crippen LogP contribution < -0.4 is 4.90 Å². The lowest BCUT2D eigenvalue weighted by atomic mass is 10.2. The van der Waals surface area contributed by atoms with Gasteiger partial charge in [-0.3, -0.25) is 4.98 Å². The number of rotatable bonds is 3. The Morgan fingerprint density at radius 1 is 1.47 bits per heavy atom. The molecule has 0 aliphatic heterocycles. The van der Waals surface area contributed by atoms with E-state index >= 15 is 0 Å². The monoisotopic (exact) mass is 243 g/mol. The van der Waals surface area contributed by atoms with Gasteiger partial charge < -0.3 is 4.90 Å². The van der Waals surface area contributed by atoms with Crippen LogP contribution in [0.1, 0.15) is 19.4 Å². The number of aromatic nitrogens is 1. The average Bonchev–Trinajstić information content (AvgIpc) is 2.24. The summed E-state index contributed by atoms with van der Waals surface area (Å²) in [5.41, 5.74) is 0.403. The second kappa shape index (κ2) is 5.04. The summed E-state index contributed by atoms with van der Waals surface area (Å²) in [7, 11) is 0. The molecule has 1 aromatic heterocycles. The maximum absolute atomic E-state index is 12.4. The molecule has 0 spiro atoms. The third kappa shape index (κ3) is 3.63. The fourth-order valence-corrected chi connectivity index (χ4v) is 1.45. The fourth-order valence-electron chi connectivity index (χ4n) is 1.45. The Kier molecular flexibility index (Phi) is 3.94. The predicted octanol–water partition coefficient (Wildman–Crippen LogP) is 2.73. The minimum Gasteiger partial charge on any atom is -0.358 e. The van der Waals surface area contributed by atoms with E-state index in [-0.39, 0.29) is 17.3 Å². The quantitative estimate of drug-likeness (QED) is 0.819. The van der Waals surface area contributed by atoms with Crippen LogP contribution in [0, 0.1) is 11.3 Å². The summed E-state index contributed by atoms with van der Waals surface area (Å²) in [6.07, 6.45) is -1.65. The summed E-state index contributed by atoms with van der Waals surface area (Å²) in [5.74, 6) is 0. The second-order valence-corrected chi connectivity index (χ2v) is 3.84. The number of nitriles is 1. The van der Waals surface area contributed by atoms with Crippen LogP contribution in [0.2, 0.25) is 0 Å². The zero-order valence-electron chi connectivity index (χ0n) is 9.49. The van der Waals surface area contributed by atoms with Gasteiger partial charge in [0.2, 0.25) is 0 Å². The van der Waals surface area contributed by atoms with Gasteiger partial charge in [-0.2, -0.15) is 18.4 Å². The smallest absolute Gasteiger partial charge is 0.358 e. The molecule has 0 unspecified atom stereocenters. The van der Waals surface area contributed by atoms with Gasteiger partial charge in [-0.25, -0.2) is 0 Å². The summed E-state index contributed by atoms with van der Waals surface area (Å²) >= 11 is 0. The van der Waals surface area contributed by atoms with Crippen molar-refractivity contribution >= 4 is 5.69 Å². The summed E-state index contributed by atoms with van der Waals surface area (Å²) in [6, 6.07) is 2.90. The molecule has 6 heteroatoms. The van der Waals surface area contributed by atoms with Gasteiger partial charge in [-0.15, -0.1) is 0 Å². The van der Waals surface area contributed by atoms with E-state index < -0.39 is 12.7 Å². The maximum Gasteiger partial charge on any atom is 0.405 e. The standard InChI is InChI=1S/C11H12F3N3/c1-8(2)17(7-11(12,13)14)10-6-16-4-3-9(10)5-15/h3-4,6,8H,7H2,1-2H3. The first-order valence-electron chi connectivity index (χ1n) is 5.02. The van der Waals surface area contributed by atoms with Crippen LogP contribution in [0.3, 0.4) is 0 Å². The third-order valence-corrected chi connectivity index (χ3v) is 2.20. The van der Waals surface area contributed by atoms with Crippen molar-refractivity contribution in [3.05, 3.63) is 24.0 Å². The molecule has 0 N–H and O–H groups in total. The van der Waals surface area contributed by atoms with E-state index in [2.05, 4.69) is 4.98 Å². The highest BCUT2D eigenvalue weighted by Gasteiger charge is 2.32. The van der Waals surface area contributed by atoms with E-state index in [0.29, 0.717) is 0 Å². The van der Waals surface area contributed by atoms with Crippen LogP contribution in [0.4, 0.5) is 18.9 Å². The molecule has 1 aromatic rings. The van der Waals surface area contributed by atoms with E-state index in [9.17, 15) is 13.2 Å². The number of halogens is 3. The van der Waals surface area contributed by atoms with Crippen LogP contribution in [-0.4, -0.2) is 23.7 Å². The molecule has 0 aliphatic rings. The number of hydrogen-bond donors (Lipinski definition) is 0. The molecule has 92 valence electrons. The van der Waals surface area contributed by atoms with Crippen molar-refractivity contribution in [3.63, 3.8) is 0 Å². The van der Waals surface area contributed by atoms with E-state index in [1.807, 2.05) is 6.07 Å². The van der Waals surface area contributed by atoms with Crippen LogP contribution in [-0.2, 0) is 0 Å². The number of alkyl halides is 3. The Morgan fingerprint density at radius 2 is 2.12 bits per heavy atom. The average molecular weight is 243 g/mol. The van der Waals surface area contributed by atoms with Crippen LogP contribution >= 0.6 is 0 Å². The highest BCUT2D eigenvalue weighted by molar-refractivity contribution is 5.58. The van der Waals surface area contributed by atoms with E-state index in [1.54, 1.807) is 13.8 Å². The Balaban J connectivity index is 3.11. The molecule has 0 saturated carbocycles. The molecule has 0 aliphatic carbocycles. The van der Waals surface area contributed by atoms with Crippen LogP contribution in [0.15, 0.2) is 18.5 Å². The van der Waals surface area contributed by atoms with Gasteiger partial charge in [0.05, 0.1) is 17.4 Å². The van der Waals surface area contributed by atoms with Gasteiger partial charge >= 0.3 is 6.18 Å². The van der Waals surface area contributed by atoms with Gasteiger partial charge in [-0.1, -0.05) is 0 Å². The zero-order valence-corrected chi connectivity index (χ0v) is 9.49. The summed E-state index contributed by atoms with van der Waals surface area (Å²) in [4.78, 5) is 4.88. The highest BCUT2D eigenvalue weighted by Crippen LogP contribution is 2.25. The van der Waals surface area contributed by atoms with Gasteiger partial charge in [0.15, 0.2) is 0 Å². The molecular weight excluding hydrogens is 231 g/mol. The minimum absolute atomic E-state index is 0.193. The normalized spacial score (nSPS) is 11.4. The fraction of sp³-hybridized carbons (Fsp3) is 0.455. The van der Waals surface area contributed by atoms with Gasteiger partial charge in [-0.05, 0) is 19.9 Å². The maximum atomic E-state index is 12.4. The van der Waals surface area contributed by atoms with Crippen molar-refractivity contribution < 1.29 is 13.2 Å². The van der Waals surface area contributed by atoms with Crippen molar-refractivity contribution in [2.45, 2.75) is 26.1 Å².